The smallest absolute Gasteiger partial charge is 0.115 e. The molecule has 0 atom stereocenters. The molecule has 2 aliphatic carbocycles. The molecule has 0 spiro atoms. The molecule has 0 aromatic carbocycles. The first-order chi connectivity index (χ1) is 54.2. The molecule has 8 nitrogen and oxygen atoms in total. The van der Waals surface area contributed by atoms with E-state index in [0.717, 1.165) is 30.1 Å². The van der Waals surface area contributed by atoms with Crippen molar-refractivity contribution >= 4 is 0 Å². The van der Waals surface area contributed by atoms with Gasteiger partial charge in [0.1, 0.15) is 11.6 Å². The minimum absolute atomic E-state index is 0.103. The predicted molar refractivity (Wildman–Crippen MR) is 556 cm³/mol. The molecule has 8 rings (SSSR count). The van der Waals surface area contributed by atoms with Gasteiger partial charge in [0.05, 0.1) is 11.4 Å². The maximum absolute atomic E-state index is 4.87. The fourth-order valence-corrected chi connectivity index (χ4v) is 19.3. The van der Waals surface area contributed by atoms with Crippen LogP contribution in [0, 0.1) is 132 Å². The highest BCUT2D eigenvalue weighted by Gasteiger charge is 2.38. The average molecular weight is 1710 g/mol. The van der Waals surface area contributed by atoms with Crippen molar-refractivity contribution in [2.75, 3.05) is 0 Å². The van der Waals surface area contributed by atoms with Crippen molar-refractivity contribution in [2.45, 2.75) is 535 Å². The number of allylic oxidation sites excluding steroid dienone is 8. The van der Waals surface area contributed by atoms with Crippen molar-refractivity contribution in [1.29, 1.82) is 0 Å². The van der Waals surface area contributed by atoms with Gasteiger partial charge in [-0.2, -0.15) is 0 Å². The van der Waals surface area contributed by atoms with Crippen LogP contribution in [0.5, 0.6) is 0 Å². The molecule has 8 heteroatoms. The first-order valence-electron chi connectivity index (χ1n) is 47.6. The molecule has 0 N–H and O–H groups in total. The lowest BCUT2D eigenvalue weighted by Crippen LogP contribution is -2.30. The Kier molecular flexibility index (Phi) is 37.0. The van der Waals surface area contributed by atoms with Crippen LogP contribution in [0.15, 0.2) is 45.6 Å². The maximum atomic E-state index is 4.87. The van der Waals surface area contributed by atoms with E-state index in [9.17, 15) is 0 Å². The van der Waals surface area contributed by atoms with Gasteiger partial charge in [0.2, 0.25) is 0 Å². The summed E-state index contributed by atoms with van der Waals surface area (Å²) < 4.78 is 9.75. The van der Waals surface area contributed by atoms with Crippen LogP contribution in [0.2, 0.25) is 0 Å². The summed E-state index contributed by atoms with van der Waals surface area (Å²) in [4.78, 5) is 19.1. The van der Waals surface area contributed by atoms with E-state index in [1.54, 1.807) is 22.3 Å². The maximum Gasteiger partial charge on any atom is 0.115 e. The molecule has 0 amide bonds. The monoisotopic (exact) mass is 1710 g/mol. The van der Waals surface area contributed by atoms with E-state index in [1.807, 2.05) is 0 Å². The third-order valence-corrected chi connectivity index (χ3v) is 24.9. The summed E-state index contributed by atoms with van der Waals surface area (Å²) in [7, 11) is 0. The molecule has 6 aromatic heterocycles. The second kappa shape index (κ2) is 39.5. The van der Waals surface area contributed by atoms with Gasteiger partial charge in [0.15, 0.2) is 0 Å². The zero-order chi connectivity index (χ0) is 99.3. The van der Waals surface area contributed by atoms with Crippen molar-refractivity contribution in [3.63, 3.8) is 0 Å². The minimum Gasteiger partial charge on any atom is -0.343 e. The lowest BCUT2D eigenvalue weighted by atomic mass is 9.75. The number of aryl methyl sites for hydroxylation is 5. The quantitative estimate of drug-likeness (QED) is 0.152. The Labute approximate surface area is 771 Å². The molecule has 0 bridgehead atoms. The molecule has 0 saturated heterocycles. The highest BCUT2D eigenvalue weighted by molar-refractivity contribution is 5.50. The van der Waals surface area contributed by atoms with Crippen LogP contribution < -0.4 is 0 Å². The second-order valence-corrected chi connectivity index (χ2v) is 53.8. The SMILES string of the molecule is CC1=CCC(C(C)(C)C)=C1C(C)(C)C.CC1=CCC(C(C)(C)C)=C1C(C)(C)C.Cc1c(C)c(C(C)(C)C)n(C(C)(C)C)c1C.Cc1c(C)c(C(C)(C)C)n(C(C)(C)C)c1C.Cc1nc(C(C)(C)C)c(C(C)(C)C)c(C)c1C.Cc1nc(C(C)(C)C)c(C(C)(C)C)c(C)c1C.Cc1nc(C(C)(C)C)n(C(C)(C)C)c1C.Cc1nc(C)n(C(C)(C)C)c1C(C)(C)C. The standard InChI is InChI=1S/2C16H27N.2C15H27N.2C14H24.2C13H24N2/c2*1-10-11(2)13(15(4,5)6)14(16(7,8)9)17-12(10)3;2*1-10-11(2)13(14(4,5)6)16(12(10)3)15(7,8)9;2*1-10-8-9-11(13(2,3)4)12(10)14(5,6)7;1-9-11(12(3,4)5)15(10(2)14-9)13(6,7)8;1-9-10(2)15(13(6,7)8)11(14-9)12(3,4)5/h2*1-9H3;2*1-9H3;2*8H,9H2,1-7H3;2*1-8H3. The van der Waals surface area contributed by atoms with Crippen molar-refractivity contribution in [1.82, 2.24) is 38.2 Å². The van der Waals surface area contributed by atoms with Gasteiger partial charge in [-0.15, -0.1) is 0 Å². The Balaban J connectivity index is 0.000000709. The summed E-state index contributed by atoms with van der Waals surface area (Å²) in [5.74, 6) is 2.30. The third kappa shape index (κ3) is 29.6. The van der Waals surface area contributed by atoms with Crippen molar-refractivity contribution in [3.05, 3.63) is 181 Å². The number of hydrogen-bond acceptors (Lipinski definition) is 4. The van der Waals surface area contributed by atoms with Gasteiger partial charge in [0.25, 0.3) is 0 Å². The molecule has 124 heavy (non-hydrogen) atoms. The van der Waals surface area contributed by atoms with E-state index in [0.29, 0.717) is 21.7 Å². The molecule has 0 aliphatic heterocycles. The Morgan fingerprint density at radius 1 is 0.210 bits per heavy atom. The molecule has 6 aromatic rings. The molecule has 0 radical (unpaired) electrons. The minimum atomic E-state index is 0.103. The number of pyridine rings is 2. The fourth-order valence-electron chi connectivity index (χ4n) is 19.3. The number of imidazole rings is 2. The third-order valence-electron chi connectivity index (χ3n) is 24.9. The molecular formula is C116H204N8. The van der Waals surface area contributed by atoms with Crippen LogP contribution in [-0.2, 0) is 65.5 Å². The van der Waals surface area contributed by atoms with Crippen molar-refractivity contribution in [2.24, 2.45) is 21.7 Å². The topological polar surface area (TPSA) is 71.3 Å². The summed E-state index contributed by atoms with van der Waals surface area (Å²) in [6, 6.07) is 0. The van der Waals surface area contributed by atoms with Crippen LogP contribution in [0.3, 0.4) is 0 Å². The first-order valence-corrected chi connectivity index (χ1v) is 47.6. The zero-order valence-electron chi connectivity index (χ0n) is 95.1. The number of aromatic nitrogens is 8. The fraction of sp³-hybridized carbons (Fsp3) is 0.724. The molecule has 708 valence electrons. The summed E-state index contributed by atoms with van der Waals surface area (Å²) in [6.07, 6.45) is 7.06. The van der Waals surface area contributed by atoms with Crippen LogP contribution in [0.4, 0.5) is 0 Å². The van der Waals surface area contributed by atoms with Gasteiger partial charge in [-0.05, 0) is 320 Å². The van der Waals surface area contributed by atoms with Crippen LogP contribution in [-0.4, -0.2) is 38.2 Å². The van der Waals surface area contributed by atoms with Gasteiger partial charge in [-0.1, -0.05) is 284 Å². The molecule has 0 fully saturated rings. The van der Waals surface area contributed by atoms with Crippen LogP contribution in [0.25, 0.3) is 0 Å². The van der Waals surface area contributed by atoms with Gasteiger partial charge in [0, 0.05) is 112 Å². The normalized spacial score (nSPS) is 14.5. The molecule has 6 heterocycles. The predicted octanol–water partition coefficient (Wildman–Crippen LogP) is 34.7. The van der Waals surface area contributed by atoms with Crippen LogP contribution >= 0.6 is 0 Å². The second-order valence-electron chi connectivity index (χ2n) is 53.8. The average Bonchev–Trinajstić information content (AvgIpc) is 1.53. The molecule has 0 unspecified atom stereocenters. The summed E-state index contributed by atoms with van der Waals surface area (Å²) >= 11 is 0. The lowest BCUT2D eigenvalue weighted by Gasteiger charge is -2.32. The highest BCUT2D eigenvalue weighted by Crippen LogP contribution is 2.49. The molecular weight excluding hydrogens is 1510 g/mol. The van der Waals surface area contributed by atoms with Crippen molar-refractivity contribution in [3.8, 4) is 0 Å². The number of nitrogens with zero attached hydrogens (tertiary/aromatic N) is 8. The van der Waals surface area contributed by atoms with E-state index in [2.05, 4.69) is 492 Å². The van der Waals surface area contributed by atoms with Crippen molar-refractivity contribution < 1.29 is 0 Å². The number of hydrogen-bond donors (Lipinski definition) is 0. The summed E-state index contributed by atoms with van der Waals surface area (Å²) in [5.41, 5.74) is 42.1. The van der Waals surface area contributed by atoms with E-state index in [-0.39, 0.29) is 65.5 Å². The van der Waals surface area contributed by atoms with Crippen LogP contribution in [0.1, 0.15) is 495 Å². The lowest BCUT2D eigenvalue weighted by molar-refractivity contribution is 0.348. The van der Waals surface area contributed by atoms with Gasteiger partial charge < -0.3 is 18.3 Å². The van der Waals surface area contributed by atoms with Gasteiger partial charge >= 0.3 is 0 Å². The Morgan fingerprint density at radius 3 is 0.653 bits per heavy atom. The summed E-state index contributed by atoms with van der Waals surface area (Å²) in [6.45, 7) is 149. The summed E-state index contributed by atoms with van der Waals surface area (Å²) in [5, 5.41) is 0. The Morgan fingerprint density at radius 2 is 0.476 bits per heavy atom. The Hall–Kier alpha value is -5.76. The van der Waals surface area contributed by atoms with E-state index < -0.39 is 0 Å². The first kappa shape index (κ1) is 116. The Bertz CT molecular complexity index is 4410. The van der Waals surface area contributed by atoms with E-state index in [4.69, 9.17) is 15.0 Å². The molecule has 0 saturated carbocycles. The van der Waals surface area contributed by atoms with E-state index in [1.165, 1.54) is 130 Å². The number of rotatable bonds is 0. The van der Waals surface area contributed by atoms with Gasteiger partial charge in [-0.25, -0.2) is 9.97 Å². The largest absolute Gasteiger partial charge is 0.343 e. The molecule has 2 aliphatic rings. The highest BCUT2D eigenvalue weighted by atomic mass is 15.2. The van der Waals surface area contributed by atoms with E-state index >= 15 is 0 Å². The van der Waals surface area contributed by atoms with Gasteiger partial charge in [-0.3, -0.25) is 9.97 Å². The zero-order valence-corrected chi connectivity index (χ0v) is 95.1.